The van der Waals surface area contributed by atoms with Crippen LogP contribution in [-0.2, 0) is 11.3 Å². The van der Waals surface area contributed by atoms with Crippen LogP contribution >= 0.6 is 0 Å². The monoisotopic (exact) mass is 383 g/mol. The molecule has 0 radical (unpaired) electrons. The highest BCUT2D eigenvalue weighted by Gasteiger charge is 2.24. The van der Waals surface area contributed by atoms with E-state index in [1.54, 1.807) is 6.20 Å². The molecule has 7 nitrogen and oxygen atoms in total. The summed E-state index contributed by atoms with van der Waals surface area (Å²) in [6.07, 6.45) is 11.3. The van der Waals surface area contributed by atoms with Crippen molar-refractivity contribution in [2.24, 2.45) is 5.92 Å². The Labute approximate surface area is 166 Å². The molecule has 4 heterocycles. The Balaban J connectivity index is 1.24. The lowest BCUT2D eigenvalue weighted by Crippen LogP contribution is -2.39. The van der Waals surface area contributed by atoms with Gasteiger partial charge in [0.05, 0.1) is 11.7 Å². The average Bonchev–Trinajstić information content (AvgIpc) is 3.26. The number of nitrogens with zero attached hydrogens (tertiary/aromatic N) is 4. The number of amides is 1. The van der Waals surface area contributed by atoms with Gasteiger partial charge in [-0.3, -0.25) is 9.48 Å². The van der Waals surface area contributed by atoms with Crippen molar-refractivity contribution in [3.63, 3.8) is 0 Å². The van der Waals surface area contributed by atoms with Crippen LogP contribution in [-0.4, -0.2) is 57.9 Å². The van der Waals surface area contributed by atoms with Crippen LogP contribution in [0.3, 0.4) is 0 Å². The molecule has 0 aromatic carbocycles. The number of aromatic nitrogens is 3. The second-order valence-corrected chi connectivity index (χ2v) is 7.77. The van der Waals surface area contributed by atoms with Crippen LogP contribution in [0.1, 0.15) is 42.5 Å². The minimum atomic E-state index is 0.0761. The molecule has 2 aliphatic heterocycles. The first-order chi connectivity index (χ1) is 13.8. The van der Waals surface area contributed by atoms with E-state index in [4.69, 9.17) is 4.74 Å². The predicted molar refractivity (Wildman–Crippen MR) is 107 cm³/mol. The molecule has 2 fully saturated rings. The fourth-order valence-corrected chi connectivity index (χ4v) is 3.99. The lowest BCUT2D eigenvalue weighted by atomic mass is 9.96. The quantitative estimate of drug-likeness (QED) is 0.830. The fourth-order valence-electron chi connectivity index (χ4n) is 3.99. The summed E-state index contributed by atoms with van der Waals surface area (Å²) in [7, 11) is 0. The number of hydrogen-bond acceptors (Lipinski definition) is 5. The topological polar surface area (TPSA) is 72.3 Å². The molecule has 2 aromatic rings. The number of piperidine rings is 1. The maximum absolute atomic E-state index is 12.8. The zero-order valence-corrected chi connectivity index (χ0v) is 16.3. The molecule has 1 N–H and O–H groups in total. The number of carbonyl (C=O) groups excluding carboxylic acids is 1. The highest BCUT2D eigenvalue weighted by Crippen LogP contribution is 2.21. The van der Waals surface area contributed by atoms with E-state index in [0.717, 1.165) is 64.3 Å². The smallest absolute Gasteiger partial charge is 0.255 e. The van der Waals surface area contributed by atoms with Gasteiger partial charge in [0.25, 0.3) is 5.91 Å². The molecule has 0 saturated carbocycles. The van der Waals surface area contributed by atoms with E-state index in [0.29, 0.717) is 11.5 Å². The van der Waals surface area contributed by atoms with E-state index in [1.807, 2.05) is 40.2 Å². The van der Waals surface area contributed by atoms with Crippen LogP contribution in [0.5, 0.6) is 0 Å². The van der Waals surface area contributed by atoms with Gasteiger partial charge in [-0.05, 0) is 56.2 Å². The molecule has 2 saturated heterocycles. The number of hydrogen-bond donors (Lipinski definition) is 1. The van der Waals surface area contributed by atoms with Crippen LogP contribution in [0.25, 0.3) is 0 Å². The van der Waals surface area contributed by atoms with Crippen molar-refractivity contribution < 1.29 is 9.53 Å². The summed E-state index contributed by atoms with van der Waals surface area (Å²) in [6.45, 7) is 4.14. The Hall–Kier alpha value is -2.41. The maximum atomic E-state index is 12.8. The lowest BCUT2D eigenvalue weighted by Gasteiger charge is -2.32. The molecule has 0 aliphatic carbocycles. The highest BCUT2D eigenvalue weighted by atomic mass is 16.5. The summed E-state index contributed by atoms with van der Waals surface area (Å²) in [5.41, 5.74) is 0.657. The molecule has 4 rings (SSSR count). The molecule has 0 bridgehead atoms. The SMILES string of the molecule is O=C(c1ccc(NCC2CCCCO2)nc1)N1CCC(Cn2cccn2)CC1. The van der Waals surface area contributed by atoms with Gasteiger partial charge < -0.3 is 15.0 Å². The van der Waals surface area contributed by atoms with Gasteiger partial charge in [-0.15, -0.1) is 0 Å². The summed E-state index contributed by atoms with van der Waals surface area (Å²) in [6, 6.07) is 5.71. The molecule has 1 amide bonds. The summed E-state index contributed by atoms with van der Waals surface area (Å²) in [5.74, 6) is 1.45. The summed E-state index contributed by atoms with van der Waals surface area (Å²) < 4.78 is 7.71. The number of rotatable bonds is 6. The zero-order valence-electron chi connectivity index (χ0n) is 16.3. The van der Waals surface area contributed by atoms with Gasteiger partial charge >= 0.3 is 0 Å². The largest absolute Gasteiger partial charge is 0.376 e. The van der Waals surface area contributed by atoms with E-state index in [-0.39, 0.29) is 12.0 Å². The molecule has 2 aromatic heterocycles. The third-order valence-electron chi connectivity index (χ3n) is 5.70. The Morgan fingerprint density at radius 1 is 1.21 bits per heavy atom. The molecule has 2 aliphatic rings. The van der Waals surface area contributed by atoms with Gasteiger partial charge in [-0.1, -0.05) is 0 Å². The van der Waals surface area contributed by atoms with Gasteiger partial charge in [0, 0.05) is 51.4 Å². The van der Waals surface area contributed by atoms with E-state index in [1.165, 1.54) is 6.42 Å². The summed E-state index contributed by atoms with van der Waals surface area (Å²) >= 11 is 0. The number of ether oxygens (including phenoxy) is 1. The molecule has 7 heteroatoms. The van der Waals surface area contributed by atoms with Gasteiger partial charge in [-0.2, -0.15) is 5.10 Å². The van der Waals surface area contributed by atoms with Crippen molar-refractivity contribution in [2.45, 2.75) is 44.8 Å². The third-order valence-corrected chi connectivity index (χ3v) is 5.70. The maximum Gasteiger partial charge on any atom is 0.255 e. The molecule has 0 spiro atoms. The Morgan fingerprint density at radius 2 is 2.11 bits per heavy atom. The lowest BCUT2D eigenvalue weighted by molar-refractivity contribution is 0.0247. The predicted octanol–water partition coefficient (Wildman–Crippen LogP) is 2.81. The van der Waals surface area contributed by atoms with Gasteiger partial charge in [0.2, 0.25) is 0 Å². The number of carbonyl (C=O) groups is 1. The van der Waals surface area contributed by atoms with Crippen LogP contribution < -0.4 is 5.32 Å². The van der Waals surface area contributed by atoms with E-state index in [2.05, 4.69) is 15.4 Å². The molecule has 1 unspecified atom stereocenters. The zero-order chi connectivity index (χ0) is 19.2. The molecule has 150 valence electrons. The minimum absolute atomic E-state index is 0.0761. The number of anilines is 1. The molecular formula is C21H29N5O2. The van der Waals surface area contributed by atoms with Crippen LogP contribution in [0.4, 0.5) is 5.82 Å². The van der Waals surface area contributed by atoms with Crippen LogP contribution in [0.15, 0.2) is 36.8 Å². The third kappa shape index (κ3) is 4.90. The van der Waals surface area contributed by atoms with E-state index >= 15 is 0 Å². The second kappa shape index (κ2) is 9.19. The van der Waals surface area contributed by atoms with Crippen molar-refractivity contribution >= 4 is 11.7 Å². The first kappa shape index (κ1) is 18.9. The summed E-state index contributed by atoms with van der Waals surface area (Å²) in [4.78, 5) is 19.1. The van der Waals surface area contributed by atoms with Gasteiger partial charge in [0.1, 0.15) is 5.82 Å². The van der Waals surface area contributed by atoms with Gasteiger partial charge in [0.15, 0.2) is 0 Å². The van der Waals surface area contributed by atoms with E-state index < -0.39 is 0 Å². The highest BCUT2D eigenvalue weighted by molar-refractivity contribution is 5.94. The standard InChI is InChI=1S/C21H29N5O2/c27-21(25-11-7-17(8-12-25)16-26-10-3-9-24-26)18-5-6-20(22-14-18)23-15-19-4-1-2-13-28-19/h3,5-6,9-10,14,17,19H,1-2,4,7-8,11-13,15-16H2,(H,22,23). The van der Waals surface area contributed by atoms with Crippen molar-refractivity contribution in [1.29, 1.82) is 0 Å². The molecular weight excluding hydrogens is 354 g/mol. The summed E-state index contributed by atoms with van der Waals surface area (Å²) in [5, 5.41) is 7.60. The Morgan fingerprint density at radius 3 is 2.79 bits per heavy atom. The minimum Gasteiger partial charge on any atom is -0.376 e. The van der Waals surface area contributed by atoms with E-state index in [9.17, 15) is 4.79 Å². The number of nitrogens with one attached hydrogen (secondary N) is 1. The Bertz CT molecular complexity index is 733. The normalized spacial score (nSPS) is 20.9. The van der Waals surface area contributed by atoms with Crippen LogP contribution in [0, 0.1) is 5.92 Å². The van der Waals surface area contributed by atoms with Crippen molar-refractivity contribution in [2.75, 3.05) is 31.6 Å². The second-order valence-electron chi connectivity index (χ2n) is 7.77. The fraction of sp³-hybridized carbons (Fsp3) is 0.571. The number of pyridine rings is 1. The molecule has 28 heavy (non-hydrogen) atoms. The Kier molecular flexibility index (Phi) is 6.21. The van der Waals surface area contributed by atoms with Crippen molar-refractivity contribution in [1.82, 2.24) is 19.7 Å². The van der Waals surface area contributed by atoms with Gasteiger partial charge in [-0.25, -0.2) is 4.98 Å². The van der Waals surface area contributed by atoms with Crippen molar-refractivity contribution in [3.8, 4) is 0 Å². The first-order valence-electron chi connectivity index (χ1n) is 10.4. The van der Waals surface area contributed by atoms with Crippen molar-refractivity contribution in [3.05, 3.63) is 42.4 Å². The van der Waals surface area contributed by atoms with Crippen LogP contribution in [0.2, 0.25) is 0 Å². The molecule has 1 atom stereocenters. The number of likely N-dealkylation sites (tertiary alicyclic amines) is 1. The average molecular weight is 383 g/mol. The first-order valence-corrected chi connectivity index (χ1v) is 10.4.